The predicted octanol–water partition coefficient (Wildman–Crippen LogP) is 6.06. The fraction of sp³-hybridized carbons (Fsp3) is 0.0400. The van der Waals surface area contributed by atoms with Crippen LogP contribution in [0.25, 0.3) is 11.1 Å². The highest BCUT2D eigenvalue weighted by atomic mass is 79.9. The molecule has 0 heterocycles. The SMILES string of the molecule is Cc1cccc(-c2ccccc2P(=O)(c2ccccc2)c2ccccc2)c1Br. The molecule has 4 rings (SSSR count). The summed E-state index contributed by atoms with van der Waals surface area (Å²) in [5.41, 5.74) is 3.21. The molecule has 138 valence electrons. The van der Waals surface area contributed by atoms with Crippen molar-refractivity contribution in [3.8, 4) is 11.1 Å². The lowest BCUT2D eigenvalue weighted by molar-refractivity contribution is 0.592. The number of hydrogen-bond donors (Lipinski definition) is 0. The van der Waals surface area contributed by atoms with Crippen LogP contribution in [-0.4, -0.2) is 0 Å². The molecule has 0 atom stereocenters. The van der Waals surface area contributed by atoms with Gasteiger partial charge in [0.2, 0.25) is 0 Å². The summed E-state index contributed by atoms with van der Waals surface area (Å²) in [4.78, 5) is 0. The molecule has 3 heteroatoms. The fourth-order valence-electron chi connectivity index (χ4n) is 3.53. The fourth-order valence-corrected chi connectivity index (χ4v) is 6.88. The maximum atomic E-state index is 14.8. The Balaban J connectivity index is 2.05. The number of aryl methyl sites for hydroxylation is 1. The third-order valence-electron chi connectivity index (χ3n) is 4.96. The minimum Gasteiger partial charge on any atom is -0.309 e. The van der Waals surface area contributed by atoms with Crippen molar-refractivity contribution in [2.24, 2.45) is 0 Å². The molecule has 1 nitrogen and oxygen atoms in total. The zero-order valence-electron chi connectivity index (χ0n) is 15.5. The quantitative estimate of drug-likeness (QED) is 0.348. The van der Waals surface area contributed by atoms with E-state index in [1.807, 2.05) is 84.9 Å². The van der Waals surface area contributed by atoms with Crippen molar-refractivity contribution in [3.63, 3.8) is 0 Å². The Morgan fingerprint density at radius 3 is 1.71 bits per heavy atom. The first-order valence-corrected chi connectivity index (χ1v) is 11.7. The van der Waals surface area contributed by atoms with Crippen LogP contribution in [0, 0.1) is 6.92 Å². The smallest absolute Gasteiger partial charge is 0.171 e. The Morgan fingerprint density at radius 2 is 1.11 bits per heavy atom. The van der Waals surface area contributed by atoms with Crippen molar-refractivity contribution in [1.82, 2.24) is 0 Å². The molecule has 0 aromatic heterocycles. The van der Waals surface area contributed by atoms with E-state index in [-0.39, 0.29) is 0 Å². The van der Waals surface area contributed by atoms with Crippen LogP contribution in [0.4, 0.5) is 0 Å². The Morgan fingerprint density at radius 1 is 0.607 bits per heavy atom. The van der Waals surface area contributed by atoms with Gasteiger partial charge in [0.1, 0.15) is 0 Å². The number of halogens is 1. The highest BCUT2D eigenvalue weighted by Crippen LogP contribution is 2.46. The van der Waals surface area contributed by atoms with Gasteiger partial charge < -0.3 is 4.57 Å². The lowest BCUT2D eigenvalue weighted by Crippen LogP contribution is -2.26. The van der Waals surface area contributed by atoms with E-state index >= 15 is 0 Å². The van der Waals surface area contributed by atoms with Gasteiger partial charge in [0, 0.05) is 20.4 Å². The molecular formula is C25H20BrOP. The molecule has 0 N–H and O–H groups in total. The van der Waals surface area contributed by atoms with E-state index in [0.29, 0.717) is 0 Å². The molecule has 0 spiro atoms. The average Bonchev–Trinajstić information content (AvgIpc) is 2.76. The maximum absolute atomic E-state index is 14.8. The summed E-state index contributed by atoms with van der Waals surface area (Å²) in [6.07, 6.45) is 0. The second-order valence-electron chi connectivity index (χ2n) is 6.73. The van der Waals surface area contributed by atoms with Crippen molar-refractivity contribution in [2.45, 2.75) is 6.92 Å². The van der Waals surface area contributed by atoms with E-state index in [2.05, 4.69) is 41.1 Å². The topological polar surface area (TPSA) is 17.1 Å². The van der Waals surface area contributed by atoms with Crippen molar-refractivity contribution in [3.05, 3.63) is 113 Å². The molecule has 0 unspecified atom stereocenters. The second kappa shape index (κ2) is 7.91. The molecule has 0 saturated heterocycles. The van der Waals surface area contributed by atoms with Crippen LogP contribution in [-0.2, 0) is 4.57 Å². The molecule has 28 heavy (non-hydrogen) atoms. The summed E-state index contributed by atoms with van der Waals surface area (Å²) in [5.74, 6) is 0. The largest absolute Gasteiger partial charge is 0.309 e. The minimum absolute atomic E-state index is 0.845. The third kappa shape index (κ3) is 3.28. The lowest BCUT2D eigenvalue weighted by Gasteiger charge is -2.23. The summed E-state index contributed by atoms with van der Waals surface area (Å²) in [7, 11) is -3.04. The van der Waals surface area contributed by atoms with Gasteiger partial charge in [0.15, 0.2) is 7.14 Å². The van der Waals surface area contributed by atoms with Crippen LogP contribution in [0.3, 0.4) is 0 Å². The molecule has 0 saturated carbocycles. The Bertz CT molecular complexity index is 1110. The summed E-state index contributed by atoms with van der Waals surface area (Å²) in [5, 5.41) is 2.55. The molecule has 0 aliphatic carbocycles. The molecule has 0 aliphatic heterocycles. The normalized spacial score (nSPS) is 11.4. The van der Waals surface area contributed by atoms with Gasteiger partial charge in [-0.15, -0.1) is 0 Å². The molecule has 0 amide bonds. The second-order valence-corrected chi connectivity index (χ2v) is 10.3. The zero-order chi connectivity index (χ0) is 19.6. The Kier molecular flexibility index (Phi) is 5.35. The van der Waals surface area contributed by atoms with Crippen LogP contribution < -0.4 is 15.9 Å². The Labute approximate surface area is 174 Å². The molecule has 0 fully saturated rings. The summed E-state index contributed by atoms with van der Waals surface area (Å²) in [6.45, 7) is 2.07. The lowest BCUT2D eigenvalue weighted by atomic mass is 10.0. The zero-order valence-corrected chi connectivity index (χ0v) is 18.0. The average molecular weight is 447 g/mol. The van der Waals surface area contributed by atoms with Crippen molar-refractivity contribution < 1.29 is 4.57 Å². The number of benzene rings is 4. The maximum Gasteiger partial charge on any atom is 0.171 e. The van der Waals surface area contributed by atoms with E-state index in [0.717, 1.165) is 37.1 Å². The first-order chi connectivity index (χ1) is 13.6. The van der Waals surface area contributed by atoms with Crippen LogP contribution in [0.5, 0.6) is 0 Å². The van der Waals surface area contributed by atoms with E-state index < -0.39 is 7.14 Å². The van der Waals surface area contributed by atoms with Gasteiger partial charge in [0.05, 0.1) is 0 Å². The monoisotopic (exact) mass is 446 g/mol. The van der Waals surface area contributed by atoms with Gasteiger partial charge in [0.25, 0.3) is 0 Å². The molecule has 0 bridgehead atoms. The van der Waals surface area contributed by atoms with Crippen molar-refractivity contribution in [2.75, 3.05) is 0 Å². The standard InChI is InChI=1S/C25H20BrOP/c1-19-11-10-17-23(25(19)26)22-16-8-9-18-24(22)28(27,20-12-4-2-5-13-20)21-14-6-3-7-15-21/h2-18H,1H3. The molecule has 0 aliphatic rings. The summed E-state index contributed by atoms with van der Waals surface area (Å²) in [6, 6.07) is 33.9. The molecule has 4 aromatic rings. The van der Waals surface area contributed by atoms with E-state index in [1.165, 1.54) is 0 Å². The van der Waals surface area contributed by atoms with Crippen molar-refractivity contribution >= 4 is 39.0 Å². The van der Waals surface area contributed by atoms with Gasteiger partial charge in [-0.3, -0.25) is 0 Å². The van der Waals surface area contributed by atoms with Gasteiger partial charge in [-0.2, -0.15) is 0 Å². The van der Waals surface area contributed by atoms with E-state index in [1.54, 1.807) is 0 Å². The van der Waals surface area contributed by atoms with Crippen LogP contribution in [0.15, 0.2) is 108 Å². The summed E-state index contributed by atoms with van der Waals surface area (Å²) >= 11 is 3.74. The molecule has 0 radical (unpaired) electrons. The summed E-state index contributed by atoms with van der Waals surface area (Å²) < 4.78 is 15.8. The first-order valence-electron chi connectivity index (χ1n) is 9.19. The van der Waals surface area contributed by atoms with Gasteiger partial charge in [-0.25, -0.2) is 0 Å². The van der Waals surface area contributed by atoms with E-state index in [9.17, 15) is 4.57 Å². The van der Waals surface area contributed by atoms with Crippen molar-refractivity contribution in [1.29, 1.82) is 0 Å². The van der Waals surface area contributed by atoms with E-state index in [4.69, 9.17) is 0 Å². The number of hydrogen-bond acceptors (Lipinski definition) is 1. The minimum atomic E-state index is -3.04. The third-order valence-corrected chi connectivity index (χ3v) is 9.14. The highest BCUT2D eigenvalue weighted by molar-refractivity contribution is 9.10. The first kappa shape index (κ1) is 18.9. The van der Waals surface area contributed by atoms with Gasteiger partial charge in [-0.05, 0) is 39.5 Å². The van der Waals surface area contributed by atoms with Gasteiger partial charge in [-0.1, -0.05) is 103 Å². The Hall–Kier alpha value is -2.41. The molecule has 4 aromatic carbocycles. The van der Waals surface area contributed by atoms with Crippen LogP contribution in [0.2, 0.25) is 0 Å². The van der Waals surface area contributed by atoms with Crippen LogP contribution >= 0.6 is 23.1 Å². The number of rotatable bonds is 4. The van der Waals surface area contributed by atoms with Crippen LogP contribution in [0.1, 0.15) is 5.56 Å². The molecular weight excluding hydrogens is 427 g/mol. The van der Waals surface area contributed by atoms with Gasteiger partial charge >= 0.3 is 0 Å². The highest BCUT2D eigenvalue weighted by Gasteiger charge is 2.32. The predicted molar refractivity (Wildman–Crippen MR) is 124 cm³/mol.